The Bertz CT molecular complexity index is 464. The molecule has 0 spiro atoms. The molecule has 0 aromatic heterocycles. The van der Waals surface area contributed by atoms with Crippen molar-refractivity contribution in [1.29, 1.82) is 0 Å². The first-order chi connectivity index (χ1) is 11.6. The molecule has 1 saturated carbocycles. The third-order valence-electron chi connectivity index (χ3n) is 5.62. The van der Waals surface area contributed by atoms with Crippen molar-refractivity contribution in [3.63, 3.8) is 0 Å². The van der Waals surface area contributed by atoms with Gasteiger partial charge in [-0.2, -0.15) is 0 Å². The summed E-state index contributed by atoms with van der Waals surface area (Å²) in [7, 11) is 1.72. The van der Waals surface area contributed by atoms with Crippen LogP contribution in [-0.4, -0.2) is 48.7 Å². The van der Waals surface area contributed by atoms with E-state index in [4.69, 9.17) is 9.47 Å². The van der Waals surface area contributed by atoms with Crippen molar-refractivity contribution < 1.29 is 19.1 Å². The van der Waals surface area contributed by atoms with Crippen molar-refractivity contribution in [2.45, 2.75) is 69.9 Å². The third kappa shape index (κ3) is 3.82. The van der Waals surface area contributed by atoms with Gasteiger partial charge in [0.15, 0.2) is 0 Å². The van der Waals surface area contributed by atoms with Crippen LogP contribution < -0.4 is 0 Å². The highest BCUT2D eigenvalue weighted by Crippen LogP contribution is 2.47. The molecule has 0 unspecified atom stereocenters. The van der Waals surface area contributed by atoms with Gasteiger partial charge in [-0.15, -0.1) is 0 Å². The molecule has 1 amide bonds. The minimum absolute atomic E-state index is 0.191. The van der Waals surface area contributed by atoms with E-state index < -0.39 is 5.60 Å². The van der Waals surface area contributed by atoms with Crippen molar-refractivity contribution in [1.82, 2.24) is 4.90 Å². The van der Waals surface area contributed by atoms with E-state index in [2.05, 4.69) is 13.5 Å². The van der Waals surface area contributed by atoms with Gasteiger partial charge in [0.2, 0.25) is 0 Å². The Morgan fingerprint density at radius 1 is 1.38 bits per heavy atom. The number of carbonyl (C=O) groups excluding carboxylic acids is 2. The molecule has 2 fully saturated rings. The van der Waals surface area contributed by atoms with Crippen molar-refractivity contribution in [3.8, 4) is 0 Å². The van der Waals surface area contributed by atoms with Gasteiger partial charge in [-0.3, -0.25) is 4.79 Å². The molecule has 1 saturated heterocycles. The van der Waals surface area contributed by atoms with Crippen LogP contribution in [0.4, 0.5) is 4.79 Å². The normalized spacial score (nSPS) is 29.4. The van der Waals surface area contributed by atoms with Gasteiger partial charge in [0.25, 0.3) is 0 Å². The number of hydrogen-bond donors (Lipinski definition) is 0. The minimum Gasteiger partial charge on any atom is -0.445 e. The maximum atomic E-state index is 12.3. The minimum atomic E-state index is -0.396. The van der Waals surface area contributed by atoms with Crippen LogP contribution in [0.25, 0.3) is 0 Å². The Labute approximate surface area is 145 Å². The molecule has 2 aliphatic rings. The molecule has 1 heterocycles. The standard InChI is InChI=1S/C19H31NO4/c1-4-6-7-8-9-15-13-16(21)14-17-19(15,23-3)10-11-20(17)18(22)24-12-5-2/h5,15,17H,2,4,6-14H2,1,3H3/t15-,17-,19-/m1/s1. The molecule has 0 radical (unpaired) electrons. The Kier molecular flexibility index (Phi) is 6.84. The van der Waals surface area contributed by atoms with Gasteiger partial charge in [0.05, 0.1) is 11.6 Å². The number of hydrogen-bond acceptors (Lipinski definition) is 4. The highest BCUT2D eigenvalue weighted by Gasteiger charge is 2.57. The molecule has 0 bridgehead atoms. The van der Waals surface area contributed by atoms with Crippen LogP contribution in [0.1, 0.15) is 58.3 Å². The smallest absolute Gasteiger partial charge is 0.410 e. The Hall–Kier alpha value is -1.36. The van der Waals surface area contributed by atoms with Crippen molar-refractivity contribution in [3.05, 3.63) is 12.7 Å². The molecular weight excluding hydrogens is 306 g/mol. The summed E-state index contributed by atoms with van der Waals surface area (Å²) < 4.78 is 11.2. The van der Waals surface area contributed by atoms with Gasteiger partial charge < -0.3 is 14.4 Å². The molecule has 5 heteroatoms. The SMILES string of the molecule is C=CCOC(=O)N1CC[C@@]2(OC)[C@H](CCCCCC)CC(=O)C[C@@H]12. The van der Waals surface area contributed by atoms with Crippen LogP contribution in [0.15, 0.2) is 12.7 Å². The van der Waals surface area contributed by atoms with E-state index in [1.54, 1.807) is 18.1 Å². The molecule has 1 aliphatic carbocycles. The average Bonchev–Trinajstić information content (AvgIpc) is 2.96. The number of unbranched alkanes of at least 4 members (excludes halogenated alkanes) is 3. The first-order valence-electron chi connectivity index (χ1n) is 9.20. The number of carbonyl (C=O) groups is 2. The van der Waals surface area contributed by atoms with E-state index in [0.717, 1.165) is 19.3 Å². The second-order valence-electron chi connectivity index (χ2n) is 6.98. The van der Waals surface area contributed by atoms with E-state index in [-0.39, 0.29) is 30.4 Å². The molecule has 0 aromatic carbocycles. The van der Waals surface area contributed by atoms with Crippen molar-refractivity contribution >= 4 is 11.9 Å². The lowest BCUT2D eigenvalue weighted by molar-refractivity contribution is -0.141. The van der Waals surface area contributed by atoms with Crippen LogP contribution >= 0.6 is 0 Å². The van der Waals surface area contributed by atoms with Gasteiger partial charge in [-0.25, -0.2) is 4.79 Å². The lowest BCUT2D eigenvalue weighted by Gasteiger charge is -2.45. The summed E-state index contributed by atoms with van der Waals surface area (Å²) in [5, 5.41) is 0. The Morgan fingerprint density at radius 2 is 2.17 bits per heavy atom. The van der Waals surface area contributed by atoms with E-state index >= 15 is 0 Å². The van der Waals surface area contributed by atoms with E-state index in [1.807, 2.05) is 0 Å². The summed E-state index contributed by atoms with van der Waals surface area (Å²) in [6.07, 6.45) is 8.65. The van der Waals surface area contributed by atoms with Crippen LogP contribution in [0.3, 0.4) is 0 Å². The second kappa shape index (κ2) is 8.65. The number of methoxy groups -OCH3 is 1. The number of nitrogens with zero attached hydrogens (tertiary/aromatic N) is 1. The number of ketones is 1. The van der Waals surface area contributed by atoms with Gasteiger partial charge >= 0.3 is 6.09 Å². The summed E-state index contributed by atoms with van der Waals surface area (Å²) in [6.45, 7) is 6.55. The fourth-order valence-electron chi connectivity index (χ4n) is 4.39. The number of fused-ring (bicyclic) bond motifs is 1. The molecule has 1 aliphatic heterocycles. The summed E-state index contributed by atoms with van der Waals surface area (Å²) in [4.78, 5) is 26.3. The highest BCUT2D eigenvalue weighted by atomic mass is 16.6. The predicted octanol–water partition coefficient (Wildman–Crippen LogP) is 3.72. The fraction of sp³-hybridized carbons (Fsp3) is 0.789. The van der Waals surface area contributed by atoms with Gasteiger partial charge in [-0.05, 0) is 18.8 Å². The zero-order valence-electron chi connectivity index (χ0n) is 15.1. The number of Topliss-reactive ketones (excluding diaryl/α,β-unsaturated/α-hetero) is 1. The zero-order chi connectivity index (χ0) is 17.6. The van der Waals surface area contributed by atoms with Crippen LogP contribution in [-0.2, 0) is 14.3 Å². The largest absolute Gasteiger partial charge is 0.445 e. The van der Waals surface area contributed by atoms with E-state index in [9.17, 15) is 9.59 Å². The number of rotatable bonds is 8. The molecule has 24 heavy (non-hydrogen) atoms. The topological polar surface area (TPSA) is 55.8 Å². The molecular formula is C19H31NO4. The van der Waals surface area contributed by atoms with Gasteiger partial charge in [-0.1, -0.05) is 45.3 Å². The van der Waals surface area contributed by atoms with Crippen LogP contribution in [0.2, 0.25) is 0 Å². The van der Waals surface area contributed by atoms with E-state index in [0.29, 0.717) is 19.4 Å². The quantitative estimate of drug-likeness (QED) is 0.500. The maximum Gasteiger partial charge on any atom is 0.410 e. The molecule has 0 N–H and O–H groups in total. The first-order valence-corrected chi connectivity index (χ1v) is 9.20. The monoisotopic (exact) mass is 337 g/mol. The number of amides is 1. The lowest BCUT2D eigenvalue weighted by Crippen LogP contribution is -2.56. The lowest BCUT2D eigenvalue weighted by atomic mass is 9.69. The van der Waals surface area contributed by atoms with Crippen molar-refractivity contribution in [2.24, 2.45) is 5.92 Å². The highest BCUT2D eigenvalue weighted by molar-refractivity contribution is 5.82. The zero-order valence-corrected chi connectivity index (χ0v) is 15.1. The third-order valence-corrected chi connectivity index (χ3v) is 5.62. The molecule has 3 atom stereocenters. The summed E-state index contributed by atoms with van der Waals surface area (Å²) in [5.74, 6) is 0.430. The summed E-state index contributed by atoms with van der Waals surface area (Å²) >= 11 is 0. The Balaban J connectivity index is 2.10. The molecule has 5 nitrogen and oxygen atoms in total. The molecule has 0 aromatic rings. The number of ether oxygens (including phenoxy) is 2. The molecule has 2 rings (SSSR count). The van der Waals surface area contributed by atoms with Crippen LogP contribution in [0.5, 0.6) is 0 Å². The summed E-state index contributed by atoms with van der Waals surface area (Å²) in [5.41, 5.74) is -0.396. The first kappa shape index (κ1) is 19.0. The van der Waals surface area contributed by atoms with Crippen molar-refractivity contribution in [2.75, 3.05) is 20.3 Å². The van der Waals surface area contributed by atoms with Crippen LogP contribution in [0, 0.1) is 5.92 Å². The number of likely N-dealkylation sites (tertiary alicyclic amines) is 1. The predicted molar refractivity (Wildman–Crippen MR) is 92.9 cm³/mol. The maximum absolute atomic E-state index is 12.3. The Morgan fingerprint density at radius 3 is 2.83 bits per heavy atom. The second-order valence-corrected chi connectivity index (χ2v) is 6.98. The average molecular weight is 337 g/mol. The van der Waals surface area contributed by atoms with E-state index in [1.165, 1.54) is 19.3 Å². The van der Waals surface area contributed by atoms with Gasteiger partial charge in [0.1, 0.15) is 12.4 Å². The van der Waals surface area contributed by atoms with Gasteiger partial charge in [0, 0.05) is 26.5 Å². The summed E-state index contributed by atoms with van der Waals surface area (Å²) in [6, 6.07) is -0.197. The molecule has 136 valence electrons. The fourth-order valence-corrected chi connectivity index (χ4v) is 4.39.